The van der Waals surface area contributed by atoms with E-state index in [1.54, 1.807) is 11.3 Å². The molecule has 1 aromatic heterocycles. The molecule has 0 bridgehead atoms. The summed E-state index contributed by atoms with van der Waals surface area (Å²) in [5.74, 6) is 1.58. The zero-order chi connectivity index (χ0) is 14.9. The summed E-state index contributed by atoms with van der Waals surface area (Å²) < 4.78 is 10.8. The second-order valence-corrected chi connectivity index (χ2v) is 6.60. The van der Waals surface area contributed by atoms with Crippen LogP contribution < -0.4 is 9.47 Å². The molecule has 6 heteroatoms. The largest absolute Gasteiger partial charge is 0.454 e. The number of rotatable bonds is 3. The first-order valence-electron chi connectivity index (χ1n) is 7.53. The number of aliphatic hydroxyl groups excluding tert-OH is 1. The van der Waals surface area contributed by atoms with Gasteiger partial charge in [-0.1, -0.05) is 0 Å². The molecule has 1 N–H and O–H groups in total. The van der Waals surface area contributed by atoms with Gasteiger partial charge in [0.1, 0.15) is 5.01 Å². The van der Waals surface area contributed by atoms with E-state index in [1.165, 1.54) is 0 Å². The van der Waals surface area contributed by atoms with Crippen LogP contribution in [0.4, 0.5) is 0 Å². The topological polar surface area (TPSA) is 54.8 Å². The molecular weight excluding hydrogens is 300 g/mol. The highest BCUT2D eigenvalue weighted by Crippen LogP contribution is 2.36. The number of ether oxygens (including phenoxy) is 2. The van der Waals surface area contributed by atoms with Crippen LogP contribution in [0.2, 0.25) is 0 Å². The number of benzene rings is 1. The number of thiazole rings is 1. The summed E-state index contributed by atoms with van der Waals surface area (Å²) in [4.78, 5) is 6.99. The number of fused-ring (bicyclic) bond motifs is 1. The zero-order valence-electron chi connectivity index (χ0n) is 12.2. The lowest BCUT2D eigenvalue weighted by atomic mass is 10.1. The van der Waals surface area contributed by atoms with Crippen molar-refractivity contribution in [1.82, 2.24) is 9.88 Å². The molecule has 2 aliphatic rings. The highest BCUT2D eigenvalue weighted by atomic mass is 32.1. The first-order valence-corrected chi connectivity index (χ1v) is 8.41. The van der Waals surface area contributed by atoms with E-state index in [4.69, 9.17) is 14.5 Å². The van der Waals surface area contributed by atoms with E-state index < -0.39 is 0 Å². The third-order valence-corrected chi connectivity index (χ3v) is 4.98. The molecule has 1 fully saturated rings. The van der Waals surface area contributed by atoms with Crippen LogP contribution >= 0.6 is 11.3 Å². The van der Waals surface area contributed by atoms with Crippen molar-refractivity contribution in [2.75, 3.05) is 19.9 Å². The Morgan fingerprint density at radius 2 is 2.23 bits per heavy atom. The Balaban J connectivity index is 1.49. The number of nitrogens with zero attached hydrogens (tertiary/aromatic N) is 2. The minimum absolute atomic E-state index is 0.194. The van der Waals surface area contributed by atoms with Crippen LogP contribution in [0.1, 0.15) is 18.5 Å². The molecule has 3 heterocycles. The number of hydrogen-bond acceptors (Lipinski definition) is 6. The number of piperidine rings is 1. The summed E-state index contributed by atoms with van der Waals surface area (Å²) in [7, 11) is 0. The Morgan fingerprint density at radius 3 is 3.14 bits per heavy atom. The summed E-state index contributed by atoms with van der Waals surface area (Å²) in [5, 5.41) is 12.8. The molecule has 0 spiro atoms. The lowest BCUT2D eigenvalue weighted by Crippen LogP contribution is -2.37. The Bertz CT molecular complexity index is 673. The Hall–Kier alpha value is -1.63. The lowest BCUT2D eigenvalue weighted by molar-refractivity contribution is 0.0663. The van der Waals surface area contributed by atoms with E-state index in [0.717, 1.165) is 60.2 Å². The molecule has 1 aromatic carbocycles. The van der Waals surface area contributed by atoms with Crippen LogP contribution in [0, 0.1) is 0 Å². The maximum absolute atomic E-state index is 9.75. The summed E-state index contributed by atoms with van der Waals surface area (Å²) in [6, 6.07) is 5.93. The first kappa shape index (κ1) is 14.0. The van der Waals surface area contributed by atoms with Crippen LogP contribution in [-0.2, 0) is 6.54 Å². The van der Waals surface area contributed by atoms with Crippen molar-refractivity contribution in [3.8, 4) is 22.1 Å². The Labute approximate surface area is 133 Å². The number of aromatic nitrogens is 1. The van der Waals surface area contributed by atoms with Crippen molar-refractivity contribution in [1.29, 1.82) is 0 Å². The number of aliphatic hydroxyl groups is 1. The van der Waals surface area contributed by atoms with E-state index >= 15 is 0 Å². The third-order valence-electron chi connectivity index (χ3n) is 4.04. The van der Waals surface area contributed by atoms with Gasteiger partial charge in [0.25, 0.3) is 0 Å². The molecule has 2 aromatic rings. The second-order valence-electron chi connectivity index (χ2n) is 5.74. The smallest absolute Gasteiger partial charge is 0.231 e. The van der Waals surface area contributed by atoms with Crippen molar-refractivity contribution < 1.29 is 14.6 Å². The van der Waals surface area contributed by atoms with Crippen molar-refractivity contribution in [3.05, 3.63) is 29.3 Å². The van der Waals surface area contributed by atoms with Crippen LogP contribution in [0.5, 0.6) is 11.5 Å². The van der Waals surface area contributed by atoms with E-state index in [2.05, 4.69) is 10.3 Å². The van der Waals surface area contributed by atoms with Gasteiger partial charge in [-0.05, 0) is 37.6 Å². The van der Waals surface area contributed by atoms with Gasteiger partial charge in [0, 0.05) is 24.0 Å². The van der Waals surface area contributed by atoms with Crippen molar-refractivity contribution in [2.24, 2.45) is 0 Å². The average Bonchev–Trinajstić information content (AvgIpc) is 3.15. The van der Waals surface area contributed by atoms with Crippen molar-refractivity contribution in [2.45, 2.75) is 25.5 Å². The zero-order valence-corrected chi connectivity index (χ0v) is 13.0. The summed E-state index contributed by atoms with van der Waals surface area (Å²) in [5.41, 5.74) is 2.12. The predicted molar refractivity (Wildman–Crippen MR) is 84.2 cm³/mol. The minimum Gasteiger partial charge on any atom is -0.454 e. The van der Waals surface area contributed by atoms with E-state index in [0.29, 0.717) is 6.79 Å². The van der Waals surface area contributed by atoms with Crippen LogP contribution in [0.25, 0.3) is 10.6 Å². The molecular formula is C16H18N2O3S. The fraction of sp³-hybridized carbons (Fsp3) is 0.438. The fourth-order valence-corrected chi connectivity index (χ4v) is 3.75. The monoisotopic (exact) mass is 318 g/mol. The molecule has 1 atom stereocenters. The molecule has 5 nitrogen and oxygen atoms in total. The van der Waals surface area contributed by atoms with Gasteiger partial charge < -0.3 is 14.6 Å². The molecule has 116 valence electrons. The Kier molecular flexibility index (Phi) is 3.73. The first-order chi connectivity index (χ1) is 10.8. The third kappa shape index (κ3) is 2.82. The predicted octanol–water partition coefficient (Wildman–Crippen LogP) is 2.50. The molecule has 4 rings (SSSR count). The van der Waals surface area contributed by atoms with Gasteiger partial charge in [0.15, 0.2) is 11.5 Å². The Morgan fingerprint density at radius 1 is 1.32 bits per heavy atom. The second kappa shape index (κ2) is 5.87. The highest BCUT2D eigenvalue weighted by Gasteiger charge is 2.19. The number of hydrogen-bond donors (Lipinski definition) is 1. The summed E-state index contributed by atoms with van der Waals surface area (Å²) in [6.45, 7) is 2.88. The average molecular weight is 318 g/mol. The van der Waals surface area contributed by atoms with Gasteiger partial charge in [-0.25, -0.2) is 4.98 Å². The summed E-state index contributed by atoms with van der Waals surface area (Å²) >= 11 is 1.64. The van der Waals surface area contributed by atoms with Crippen LogP contribution in [0.3, 0.4) is 0 Å². The van der Waals surface area contributed by atoms with Gasteiger partial charge in [0.2, 0.25) is 6.79 Å². The standard InChI is InChI=1S/C16H18N2O3S/c19-13-2-1-5-18(8-13)7-12-9-22-16(17-12)11-3-4-14-15(6-11)21-10-20-14/h3-4,6,9,13,19H,1-2,5,7-8,10H2. The highest BCUT2D eigenvalue weighted by molar-refractivity contribution is 7.13. The fourth-order valence-electron chi connectivity index (χ4n) is 2.95. The van der Waals surface area contributed by atoms with Crippen LogP contribution in [0.15, 0.2) is 23.6 Å². The van der Waals surface area contributed by atoms with Gasteiger partial charge in [0.05, 0.1) is 11.8 Å². The number of β-amino-alcohol motifs (C(OH)–C–C–N with tert-alkyl or cyclic N) is 1. The van der Waals surface area contributed by atoms with E-state index in [1.807, 2.05) is 18.2 Å². The van der Waals surface area contributed by atoms with Gasteiger partial charge in [-0.15, -0.1) is 11.3 Å². The molecule has 0 radical (unpaired) electrons. The lowest BCUT2D eigenvalue weighted by Gasteiger charge is -2.29. The van der Waals surface area contributed by atoms with Crippen LogP contribution in [-0.4, -0.2) is 41.0 Å². The molecule has 0 amide bonds. The van der Waals surface area contributed by atoms with Gasteiger partial charge in [-0.2, -0.15) is 0 Å². The minimum atomic E-state index is -0.194. The van der Waals surface area contributed by atoms with Crippen molar-refractivity contribution in [3.63, 3.8) is 0 Å². The van der Waals surface area contributed by atoms with Gasteiger partial charge in [-0.3, -0.25) is 4.90 Å². The maximum Gasteiger partial charge on any atom is 0.231 e. The molecule has 0 saturated carbocycles. The number of likely N-dealkylation sites (tertiary alicyclic amines) is 1. The molecule has 0 aliphatic carbocycles. The summed E-state index contributed by atoms with van der Waals surface area (Å²) in [6.07, 6.45) is 1.77. The molecule has 1 unspecified atom stereocenters. The maximum atomic E-state index is 9.75. The SMILES string of the molecule is OC1CCCN(Cc2csc(-c3ccc4c(c3)OCO4)n2)C1. The molecule has 1 saturated heterocycles. The van der Waals surface area contributed by atoms with Gasteiger partial charge >= 0.3 is 0 Å². The molecule has 22 heavy (non-hydrogen) atoms. The quantitative estimate of drug-likeness (QED) is 0.942. The van der Waals surface area contributed by atoms with E-state index in [9.17, 15) is 5.11 Å². The van der Waals surface area contributed by atoms with Crippen molar-refractivity contribution >= 4 is 11.3 Å². The normalized spacial score (nSPS) is 21.2. The van der Waals surface area contributed by atoms with E-state index in [-0.39, 0.29) is 6.10 Å². The molecule has 2 aliphatic heterocycles.